The van der Waals surface area contributed by atoms with E-state index in [1.54, 1.807) is 13.0 Å². The summed E-state index contributed by atoms with van der Waals surface area (Å²) in [6, 6.07) is 18.7. The monoisotopic (exact) mass is 361 g/mol. The zero-order chi connectivity index (χ0) is 19.1. The van der Waals surface area contributed by atoms with Crippen molar-refractivity contribution in [1.29, 1.82) is 0 Å². The molecule has 2 aromatic carbocycles. The third-order valence-corrected chi connectivity index (χ3v) is 3.73. The number of hydrogen-bond donors (Lipinski definition) is 1. The van der Waals surface area contributed by atoms with Crippen molar-refractivity contribution in [3.8, 4) is 5.69 Å². The van der Waals surface area contributed by atoms with Crippen molar-refractivity contribution in [3.63, 3.8) is 0 Å². The van der Waals surface area contributed by atoms with Crippen LogP contribution in [-0.2, 0) is 9.53 Å². The summed E-state index contributed by atoms with van der Waals surface area (Å²) in [6.45, 7) is 1.96. The fourth-order valence-corrected chi connectivity index (χ4v) is 2.49. The van der Waals surface area contributed by atoms with Gasteiger partial charge in [0.25, 0.3) is 0 Å². The molecule has 0 saturated heterocycles. The fourth-order valence-electron chi connectivity index (χ4n) is 2.49. The molecule has 1 N–H and O–H groups in total. The predicted octanol–water partition coefficient (Wildman–Crippen LogP) is 3.70. The molecule has 0 fully saturated rings. The first kappa shape index (κ1) is 18.1. The van der Waals surface area contributed by atoms with Crippen LogP contribution in [0.15, 0.2) is 72.9 Å². The highest BCUT2D eigenvalue weighted by molar-refractivity contribution is 6.05. The number of carbonyl (C=O) groups is 2. The molecule has 6 heteroatoms. The first-order valence-corrected chi connectivity index (χ1v) is 8.53. The van der Waals surface area contributed by atoms with E-state index in [1.165, 1.54) is 17.0 Å². The number of anilines is 1. The van der Waals surface area contributed by atoms with Gasteiger partial charge in [0.2, 0.25) is 5.91 Å². The summed E-state index contributed by atoms with van der Waals surface area (Å²) in [5.74, 6) is -0.647. The lowest BCUT2D eigenvalue weighted by atomic mass is 10.2. The number of rotatable bonds is 6. The summed E-state index contributed by atoms with van der Waals surface area (Å²) >= 11 is 0. The van der Waals surface area contributed by atoms with E-state index in [0.717, 1.165) is 11.3 Å². The number of hydrogen-bond acceptors (Lipinski definition) is 4. The van der Waals surface area contributed by atoms with Crippen LogP contribution in [0.5, 0.6) is 0 Å². The van der Waals surface area contributed by atoms with Gasteiger partial charge in [-0.05, 0) is 30.7 Å². The number of nitrogens with zero attached hydrogens (tertiary/aromatic N) is 2. The van der Waals surface area contributed by atoms with E-state index >= 15 is 0 Å². The van der Waals surface area contributed by atoms with Crippen LogP contribution in [0.1, 0.15) is 22.8 Å². The third-order valence-electron chi connectivity index (χ3n) is 3.73. The fraction of sp³-hybridized carbons (Fsp3) is 0.0952. The Labute approximate surface area is 157 Å². The maximum absolute atomic E-state index is 12.4. The van der Waals surface area contributed by atoms with E-state index in [2.05, 4.69) is 10.4 Å². The van der Waals surface area contributed by atoms with Gasteiger partial charge in [0.15, 0.2) is 5.82 Å². The first-order valence-electron chi connectivity index (χ1n) is 8.53. The Balaban J connectivity index is 1.89. The Morgan fingerprint density at radius 2 is 1.74 bits per heavy atom. The summed E-state index contributed by atoms with van der Waals surface area (Å²) in [7, 11) is 0. The molecule has 0 aliphatic rings. The number of ether oxygens (including phenoxy) is 1. The van der Waals surface area contributed by atoms with Crippen LogP contribution in [0.3, 0.4) is 0 Å². The van der Waals surface area contributed by atoms with E-state index in [0.29, 0.717) is 0 Å². The normalized spacial score (nSPS) is 10.7. The van der Waals surface area contributed by atoms with Crippen LogP contribution < -0.4 is 5.32 Å². The number of carbonyl (C=O) groups excluding carboxylic acids is 2. The van der Waals surface area contributed by atoms with Crippen molar-refractivity contribution in [2.75, 3.05) is 11.9 Å². The van der Waals surface area contributed by atoms with Gasteiger partial charge in [0.1, 0.15) is 5.56 Å². The first-order chi connectivity index (χ1) is 13.2. The molecule has 0 saturated carbocycles. The minimum absolute atomic E-state index is 0.196. The highest BCUT2D eigenvalue weighted by Crippen LogP contribution is 2.21. The van der Waals surface area contributed by atoms with Crippen molar-refractivity contribution in [2.45, 2.75) is 6.92 Å². The van der Waals surface area contributed by atoms with E-state index < -0.39 is 5.97 Å². The van der Waals surface area contributed by atoms with E-state index in [4.69, 9.17) is 4.74 Å². The lowest BCUT2D eigenvalue weighted by molar-refractivity contribution is -0.111. The largest absolute Gasteiger partial charge is 0.462 e. The Hall–Kier alpha value is -3.67. The molecule has 0 unspecified atom stereocenters. The van der Waals surface area contributed by atoms with Gasteiger partial charge in [-0.15, -0.1) is 0 Å². The molecule has 136 valence electrons. The van der Waals surface area contributed by atoms with Gasteiger partial charge < -0.3 is 10.1 Å². The molecular weight excluding hydrogens is 342 g/mol. The quantitative estimate of drug-likeness (QED) is 0.537. The molecule has 27 heavy (non-hydrogen) atoms. The van der Waals surface area contributed by atoms with Crippen LogP contribution in [-0.4, -0.2) is 28.3 Å². The molecule has 1 heterocycles. The lowest BCUT2D eigenvalue weighted by Crippen LogP contribution is -2.16. The van der Waals surface area contributed by atoms with Crippen molar-refractivity contribution in [2.24, 2.45) is 0 Å². The van der Waals surface area contributed by atoms with Crippen molar-refractivity contribution in [3.05, 3.63) is 84.1 Å². The molecule has 3 rings (SSSR count). The van der Waals surface area contributed by atoms with Gasteiger partial charge >= 0.3 is 5.97 Å². The standard InChI is InChI=1S/C21H19N3O3/c1-2-27-21(26)18-15-22-24(17-11-7-4-8-12-17)20(18)23-19(25)14-13-16-9-5-3-6-10-16/h3-15H,2H2,1H3,(H,23,25)/b14-13+. The van der Waals surface area contributed by atoms with Crippen molar-refractivity contribution < 1.29 is 14.3 Å². The SMILES string of the molecule is CCOC(=O)c1cnn(-c2ccccc2)c1NC(=O)/C=C/c1ccccc1. The molecule has 3 aromatic rings. The smallest absolute Gasteiger partial charge is 0.343 e. The number of benzene rings is 2. The molecule has 0 bridgehead atoms. The third kappa shape index (κ3) is 4.49. The van der Waals surface area contributed by atoms with Gasteiger partial charge in [-0.3, -0.25) is 4.79 Å². The van der Waals surface area contributed by atoms with Crippen LogP contribution in [0.25, 0.3) is 11.8 Å². The molecule has 0 aliphatic carbocycles. The number of amides is 1. The molecule has 0 radical (unpaired) electrons. The average Bonchev–Trinajstić information content (AvgIpc) is 3.11. The van der Waals surface area contributed by atoms with E-state index in [9.17, 15) is 9.59 Å². The topological polar surface area (TPSA) is 73.2 Å². The highest BCUT2D eigenvalue weighted by Gasteiger charge is 2.20. The number of aromatic nitrogens is 2. The second-order valence-corrected chi connectivity index (χ2v) is 5.61. The summed E-state index contributed by atoms with van der Waals surface area (Å²) < 4.78 is 6.57. The van der Waals surface area contributed by atoms with Crippen LogP contribution in [0, 0.1) is 0 Å². The lowest BCUT2D eigenvalue weighted by Gasteiger charge is -2.09. The summed E-state index contributed by atoms with van der Waals surface area (Å²) in [5, 5.41) is 6.98. The molecule has 1 aromatic heterocycles. The van der Waals surface area contributed by atoms with Gasteiger partial charge in [0.05, 0.1) is 18.5 Å². The van der Waals surface area contributed by atoms with E-state index in [-0.39, 0.29) is 23.9 Å². The maximum atomic E-state index is 12.4. The highest BCUT2D eigenvalue weighted by atomic mass is 16.5. The second-order valence-electron chi connectivity index (χ2n) is 5.61. The molecule has 1 amide bonds. The minimum Gasteiger partial charge on any atom is -0.462 e. The van der Waals surface area contributed by atoms with Crippen LogP contribution >= 0.6 is 0 Å². The Morgan fingerprint density at radius 3 is 2.41 bits per heavy atom. The molecular formula is C21H19N3O3. The average molecular weight is 361 g/mol. The van der Waals surface area contributed by atoms with E-state index in [1.807, 2.05) is 60.7 Å². The van der Waals surface area contributed by atoms with Crippen LogP contribution in [0.4, 0.5) is 5.82 Å². The Bertz CT molecular complexity index is 947. The second kappa shape index (κ2) is 8.62. The Morgan fingerprint density at radius 1 is 1.07 bits per heavy atom. The van der Waals surface area contributed by atoms with Crippen LogP contribution in [0.2, 0.25) is 0 Å². The molecule has 0 spiro atoms. The maximum Gasteiger partial charge on any atom is 0.343 e. The zero-order valence-electron chi connectivity index (χ0n) is 14.8. The van der Waals surface area contributed by atoms with Crippen molar-refractivity contribution in [1.82, 2.24) is 9.78 Å². The number of nitrogens with one attached hydrogen (secondary N) is 1. The minimum atomic E-state index is -0.540. The van der Waals surface area contributed by atoms with Gasteiger partial charge in [0, 0.05) is 6.08 Å². The molecule has 0 aliphatic heterocycles. The number of esters is 1. The summed E-state index contributed by atoms with van der Waals surface area (Å²) in [5.41, 5.74) is 1.81. The predicted molar refractivity (Wildman–Crippen MR) is 104 cm³/mol. The number of para-hydroxylation sites is 1. The molecule has 0 atom stereocenters. The Kier molecular flexibility index (Phi) is 5.79. The summed E-state index contributed by atoms with van der Waals surface area (Å²) in [4.78, 5) is 24.6. The molecule has 6 nitrogen and oxygen atoms in total. The summed E-state index contributed by atoms with van der Waals surface area (Å²) in [6.07, 6.45) is 4.50. The van der Waals surface area contributed by atoms with Gasteiger partial charge in [-0.1, -0.05) is 48.5 Å². The van der Waals surface area contributed by atoms with Gasteiger partial charge in [-0.25, -0.2) is 9.48 Å². The zero-order valence-corrected chi connectivity index (χ0v) is 14.8. The van der Waals surface area contributed by atoms with Gasteiger partial charge in [-0.2, -0.15) is 5.10 Å². The van der Waals surface area contributed by atoms with Crippen molar-refractivity contribution >= 4 is 23.8 Å².